The lowest BCUT2D eigenvalue weighted by Crippen LogP contribution is -2.50. The lowest BCUT2D eigenvalue weighted by atomic mass is 10.0. The van der Waals surface area contributed by atoms with Crippen LogP contribution in [0.25, 0.3) is 0 Å². The number of sulfonamides is 1. The fourth-order valence-electron chi connectivity index (χ4n) is 5.37. The van der Waals surface area contributed by atoms with Gasteiger partial charge in [-0.15, -0.1) is 0 Å². The average molecular weight is 448 g/mol. The maximum Gasteiger partial charge on any atom is 0.253 e. The van der Waals surface area contributed by atoms with Crippen LogP contribution in [0.15, 0.2) is 18.2 Å². The van der Waals surface area contributed by atoms with Crippen LogP contribution < -0.4 is 4.31 Å². The van der Waals surface area contributed by atoms with Crippen molar-refractivity contribution >= 4 is 27.5 Å². The molecular formula is C23H33N3O4S. The lowest BCUT2D eigenvalue weighted by Gasteiger charge is -2.35. The smallest absolute Gasteiger partial charge is 0.253 e. The van der Waals surface area contributed by atoms with Gasteiger partial charge in [0.15, 0.2) is 0 Å². The average Bonchev–Trinajstić information content (AvgIpc) is 3.37. The quantitative estimate of drug-likeness (QED) is 0.695. The zero-order valence-corrected chi connectivity index (χ0v) is 19.4. The van der Waals surface area contributed by atoms with Gasteiger partial charge in [0.25, 0.3) is 5.91 Å². The van der Waals surface area contributed by atoms with E-state index in [0.717, 1.165) is 12.0 Å². The molecule has 0 N–H and O–H groups in total. The lowest BCUT2D eigenvalue weighted by molar-refractivity contribution is -0.133. The molecule has 1 aliphatic carbocycles. The van der Waals surface area contributed by atoms with Crippen molar-refractivity contribution in [2.75, 3.05) is 36.7 Å². The summed E-state index contributed by atoms with van der Waals surface area (Å²) in [7, 11) is -3.34. The van der Waals surface area contributed by atoms with E-state index in [2.05, 4.69) is 0 Å². The Balaban J connectivity index is 1.34. The van der Waals surface area contributed by atoms with E-state index < -0.39 is 10.0 Å². The molecule has 170 valence electrons. The second-order valence-electron chi connectivity index (χ2n) is 9.32. The van der Waals surface area contributed by atoms with E-state index in [1.54, 1.807) is 17.0 Å². The Labute approximate surface area is 185 Å². The number of anilines is 1. The number of benzene rings is 1. The van der Waals surface area contributed by atoms with Gasteiger partial charge in [0.05, 0.1) is 11.9 Å². The Morgan fingerprint density at radius 2 is 1.68 bits per heavy atom. The van der Waals surface area contributed by atoms with Gasteiger partial charge in [-0.25, -0.2) is 8.42 Å². The van der Waals surface area contributed by atoms with E-state index in [1.807, 2.05) is 17.9 Å². The van der Waals surface area contributed by atoms with Gasteiger partial charge in [0.1, 0.15) is 0 Å². The summed E-state index contributed by atoms with van der Waals surface area (Å²) < 4.78 is 25.6. The first kappa shape index (κ1) is 22.1. The highest BCUT2D eigenvalue weighted by Gasteiger charge is 2.33. The summed E-state index contributed by atoms with van der Waals surface area (Å²) >= 11 is 0. The summed E-state index contributed by atoms with van der Waals surface area (Å²) in [6, 6.07) is 5.15. The zero-order chi connectivity index (χ0) is 22.2. The van der Waals surface area contributed by atoms with E-state index in [1.165, 1.54) is 36.2 Å². The van der Waals surface area contributed by atoms with Crippen molar-refractivity contribution in [3.05, 3.63) is 29.3 Å². The Morgan fingerprint density at radius 1 is 1.03 bits per heavy atom. The topological polar surface area (TPSA) is 78.0 Å². The van der Waals surface area contributed by atoms with Crippen LogP contribution >= 0.6 is 0 Å². The predicted molar refractivity (Wildman–Crippen MR) is 121 cm³/mol. The van der Waals surface area contributed by atoms with Gasteiger partial charge in [-0.3, -0.25) is 13.9 Å². The number of carbonyl (C=O) groups is 2. The van der Waals surface area contributed by atoms with Crippen molar-refractivity contribution in [2.24, 2.45) is 5.92 Å². The molecule has 1 saturated heterocycles. The highest BCUT2D eigenvalue weighted by Crippen LogP contribution is 2.35. The second-order valence-corrected chi connectivity index (χ2v) is 11.2. The Hall–Kier alpha value is -2.09. The van der Waals surface area contributed by atoms with Gasteiger partial charge in [-0.1, -0.05) is 25.7 Å². The Kier molecular flexibility index (Phi) is 6.28. The number of carbonyl (C=O) groups excluding carboxylic acids is 2. The van der Waals surface area contributed by atoms with Gasteiger partial charge in [-0.05, 0) is 49.4 Å². The predicted octanol–water partition coefficient (Wildman–Crippen LogP) is 2.65. The molecule has 1 aromatic rings. The molecule has 31 heavy (non-hydrogen) atoms. The van der Waals surface area contributed by atoms with Gasteiger partial charge < -0.3 is 9.80 Å². The van der Waals surface area contributed by atoms with Crippen molar-refractivity contribution in [2.45, 2.75) is 57.9 Å². The van der Waals surface area contributed by atoms with Crippen molar-refractivity contribution < 1.29 is 18.0 Å². The first-order valence-corrected chi connectivity index (χ1v) is 13.3. The zero-order valence-electron chi connectivity index (χ0n) is 18.5. The molecule has 3 aliphatic rings. The van der Waals surface area contributed by atoms with Crippen molar-refractivity contribution in [1.29, 1.82) is 0 Å². The first-order chi connectivity index (χ1) is 14.7. The van der Waals surface area contributed by atoms with E-state index in [4.69, 9.17) is 0 Å². The van der Waals surface area contributed by atoms with E-state index in [-0.39, 0.29) is 17.9 Å². The van der Waals surface area contributed by atoms with Crippen LogP contribution in [0.3, 0.4) is 0 Å². The fourth-order valence-corrected chi connectivity index (χ4v) is 6.63. The minimum atomic E-state index is -3.34. The Bertz CT molecular complexity index is 948. The van der Waals surface area contributed by atoms with E-state index in [0.29, 0.717) is 56.2 Å². The molecule has 0 aromatic heterocycles. The molecule has 2 fully saturated rings. The maximum absolute atomic E-state index is 13.0. The molecule has 0 bridgehead atoms. The molecule has 1 aromatic carbocycles. The maximum atomic E-state index is 13.0. The number of fused-ring (bicyclic) bond motifs is 1. The fraction of sp³-hybridized carbons (Fsp3) is 0.652. The van der Waals surface area contributed by atoms with Gasteiger partial charge in [0.2, 0.25) is 15.9 Å². The molecule has 0 spiro atoms. The van der Waals surface area contributed by atoms with Crippen LogP contribution in [-0.4, -0.2) is 68.5 Å². The molecular weight excluding hydrogens is 414 g/mol. The highest BCUT2D eigenvalue weighted by molar-refractivity contribution is 7.92. The normalized spacial score (nSPS) is 22.1. The standard InChI is InChI=1S/C23H33N3O4S/c1-17-15-20-16-19(8-9-21(20)26(17)31(2,29)30)23(28)25-13-11-24(12-14-25)22(27)10-7-18-5-3-4-6-18/h8-9,16-18H,3-7,10-15H2,1-2H3. The summed E-state index contributed by atoms with van der Waals surface area (Å²) in [5.41, 5.74) is 2.15. The molecule has 1 saturated carbocycles. The monoisotopic (exact) mass is 447 g/mol. The molecule has 2 amide bonds. The molecule has 2 heterocycles. The van der Waals surface area contributed by atoms with E-state index >= 15 is 0 Å². The third kappa shape index (κ3) is 4.73. The van der Waals surface area contributed by atoms with Crippen molar-refractivity contribution in [1.82, 2.24) is 9.80 Å². The van der Waals surface area contributed by atoms with Gasteiger partial charge >= 0.3 is 0 Å². The highest BCUT2D eigenvalue weighted by atomic mass is 32.2. The van der Waals surface area contributed by atoms with Crippen LogP contribution in [-0.2, 0) is 21.2 Å². The molecule has 4 rings (SSSR count). The van der Waals surface area contributed by atoms with Crippen LogP contribution in [0.1, 0.15) is 61.4 Å². The number of hydrogen-bond acceptors (Lipinski definition) is 4. The first-order valence-electron chi connectivity index (χ1n) is 11.4. The van der Waals surface area contributed by atoms with Gasteiger partial charge in [-0.2, -0.15) is 0 Å². The molecule has 2 aliphatic heterocycles. The van der Waals surface area contributed by atoms with Crippen molar-refractivity contribution in [3.63, 3.8) is 0 Å². The van der Waals surface area contributed by atoms with Crippen LogP contribution in [0.4, 0.5) is 5.69 Å². The third-order valence-corrected chi connectivity index (χ3v) is 8.27. The second kappa shape index (κ2) is 8.81. The molecule has 0 radical (unpaired) electrons. The summed E-state index contributed by atoms with van der Waals surface area (Å²) in [6.07, 6.45) is 8.56. The molecule has 8 heteroatoms. The van der Waals surface area contributed by atoms with Crippen LogP contribution in [0.2, 0.25) is 0 Å². The number of amides is 2. The van der Waals surface area contributed by atoms with Crippen LogP contribution in [0, 0.1) is 5.92 Å². The molecule has 7 nitrogen and oxygen atoms in total. The van der Waals surface area contributed by atoms with Crippen molar-refractivity contribution in [3.8, 4) is 0 Å². The van der Waals surface area contributed by atoms with Gasteiger partial charge in [0, 0.05) is 44.2 Å². The summed E-state index contributed by atoms with van der Waals surface area (Å²) in [5.74, 6) is 0.880. The number of rotatable bonds is 5. The van der Waals surface area contributed by atoms with E-state index in [9.17, 15) is 18.0 Å². The largest absolute Gasteiger partial charge is 0.339 e. The number of nitrogens with zero attached hydrogens (tertiary/aromatic N) is 3. The Morgan fingerprint density at radius 3 is 2.32 bits per heavy atom. The molecule has 1 atom stereocenters. The summed E-state index contributed by atoms with van der Waals surface area (Å²) in [4.78, 5) is 29.3. The number of piperazine rings is 1. The summed E-state index contributed by atoms with van der Waals surface area (Å²) in [6.45, 7) is 4.12. The number of hydrogen-bond donors (Lipinski definition) is 0. The molecule has 1 unspecified atom stereocenters. The summed E-state index contributed by atoms with van der Waals surface area (Å²) in [5, 5.41) is 0. The minimum absolute atomic E-state index is 0.0497. The minimum Gasteiger partial charge on any atom is -0.339 e. The SMILES string of the molecule is CC1Cc2cc(C(=O)N3CCN(C(=O)CCC4CCCC4)CC3)ccc2N1S(C)(=O)=O. The van der Waals surface area contributed by atoms with Crippen LogP contribution in [0.5, 0.6) is 0 Å². The third-order valence-electron chi connectivity index (χ3n) is 7.00.